The topological polar surface area (TPSA) is 116 Å². The molecular formula is C34H37N3O6S. The average molecular weight is 616 g/mol. The third kappa shape index (κ3) is 7.37. The minimum atomic E-state index is -0.428. The highest BCUT2D eigenvalue weighted by Gasteiger charge is 2.33. The van der Waals surface area contributed by atoms with E-state index in [1.54, 1.807) is 42.0 Å². The van der Waals surface area contributed by atoms with Crippen LogP contribution < -0.4 is 14.8 Å². The van der Waals surface area contributed by atoms with Crippen LogP contribution in [0, 0.1) is 21.4 Å². The summed E-state index contributed by atoms with van der Waals surface area (Å²) in [5.41, 5.74) is 3.57. The Hall–Kier alpha value is -4.44. The summed E-state index contributed by atoms with van der Waals surface area (Å²) >= 11 is 1.60. The number of aliphatic imine (C=N–C) groups is 1. The Morgan fingerprint density at radius 1 is 1.16 bits per heavy atom. The molecule has 1 aliphatic carbocycles. The number of ether oxygens (including phenoxy) is 2. The number of fused-ring (bicyclic) bond motifs is 1. The van der Waals surface area contributed by atoms with E-state index in [2.05, 4.69) is 26.1 Å². The summed E-state index contributed by atoms with van der Waals surface area (Å²) in [6.45, 7) is 9.73. The van der Waals surface area contributed by atoms with Crippen LogP contribution in [0.3, 0.4) is 0 Å². The zero-order chi connectivity index (χ0) is 31.3. The molecule has 1 aliphatic rings. The number of carbonyl (C=O) groups excluding carboxylic acids is 1. The molecule has 0 saturated heterocycles. The number of nitro benzene ring substituents is 1. The summed E-state index contributed by atoms with van der Waals surface area (Å²) in [5.74, 6) is 2.20. The van der Waals surface area contributed by atoms with Crippen molar-refractivity contribution in [3.05, 3.63) is 104 Å². The van der Waals surface area contributed by atoms with Crippen LogP contribution in [-0.4, -0.2) is 23.7 Å². The summed E-state index contributed by atoms with van der Waals surface area (Å²) in [7, 11) is 0. The van der Waals surface area contributed by atoms with Crippen LogP contribution >= 0.6 is 11.3 Å². The fraction of sp³-hybridized carbons (Fsp3) is 0.353. The minimum Gasteiger partial charge on any atom is -0.490 e. The van der Waals surface area contributed by atoms with Crippen LogP contribution in [0.5, 0.6) is 11.5 Å². The number of hydrogen-bond acceptors (Lipinski definition) is 8. The van der Waals surface area contributed by atoms with Crippen LogP contribution in [-0.2, 0) is 26.0 Å². The van der Waals surface area contributed by atoms with Gasteiger partial charge in [-0.25, -0.2) is 4.99 Å². The molecule has 0 saturated carbocycles. The van der Waals surface area contributed by atoms with E-state index in [1.165, 1.54) is 17.0 Å². The Labute approximate surface area is 261 Å². The van der Waals surface area contributed by atoms with Gasteiger partial charge in [-0.15, -0.1) is 11.3 Å². The normalized spacial score (nSPS) is 14.8. The molecule has 0 aliphatic heterocycles. The van der Waals surface area contributed by atoms with Crippen molar-refractivity contribution in [3.63, 3.8) is 0 Å². The molecule has 0 radical (unpaired) electrons. The Balaban J connectivity index is 1.37. The third-order valence-electron chi connectivity index (χ3n) is 7.84. The van der Waals surface area contributed by atoms with Crippen molar-refractivity contribution in [2.75, 3.05) is 6.61 Å². The van der Waals surface area contributed by atoms with Gasteiger partial charge in [0.05, 0.1) is 29.9 Å². The molecule has 10 heteroatoms. The Morgan fingerprint density at radius 2 is 1.95 bits per heavy atom. The number of nitro groups is 1. The maximum atomic E-state index is 13.5. The quantitative estimate of drug-likeness (QED) is 0.104. The molecule has 1 N–H and O–H groups in total. The molecule has 230 valence electrons. The largest absolute Gasteiger partial charge is 0.490 e. The molecule has 2 aromatic heterocycles. The van der Waals surface area contributed by atoms with Gasteiger partial charge < -0.3 is 19.2 Å². The minimum absolute atomic E-state index is 0.0335. The van der Waals surface area contributed by atoms with Crippen LogP contribution in [0.2, 0.25) is 0 Å². The van der Waals surface area contributed by atoms with E-state index in [4.69, 9.17) is 18.9 Å². The second-order valence-corrected chi connectivity index (χ2v) is 12.9. The van der Waals surface area contributed by atoms with Gasteiger partial charge in [-0.1, -0.05) is 20.8 Å². The Morgan fingerprint density at radius 3 is 2.64 bits per heavy atom. The Bertz CT molecular complexity index is 1630. The average Bonchev–Trinajstić information content (AvgIpc) is 3.66. The van der Waals surface area contributed by atoms with Crippen molar-refractivity contribution in [3.8, 4) is 11.5 Å². The lowest BCUT2D eigenvalue weighted by atomic mass is 9.72. The van der Waals surface area contributed by atoms with Crippen LogP contribution in [0.15, 0.2) is 70.3 Å². The maximum Gasteiger partial charge on any atom is 0.269 e. The number of non-ortho nitro benzene ring substituents is 1. The molecule has 0 fully saturated rings. The van der Waals surface area contributed by atoms with E-state index >= 15 is 0 Å². The Kier molecular flexibility index (Phi) is 9.49. The first-order chi connectivity index (χ1) is 21.1. The highest BCUT2D eigenvalue weighted by molar-refractivity contribution is 7.16. The van der Waals surface area contributed by atoms with Crippen LogP contribution in [0.25, 0.3) is 0 Å². The van der Waals surface area contributed by atoms with Crippen molar-refractivity contribution < 1.29 is 23.6 Å². The lowest BCUT2D eigenvalue weighted by Crippen LogP contribution is -2.28. The predicted octanol–water partition coefficient (Wildman–Crippen LogP) is 8.06. The zero-order valence-electron chi connectivity index (χ0n) is 25.4. The van der Waals surface area contributed by atoms with E-state index in [0.29, 0.717) is 46.9 Å². The van der Waals surface area contributed by atoms with Gasteiger partial charge in [0.15, 0.2) is 11.5 Å². The summed E-state index contributed by atoms with van der Waals surface area (Å²) in [4.78, 5) is 30.1. The number of carbonyl (C=O) groups is 1. The molecule has 2 heterocycles. The standard InChI is InChI=1S/C34H37N3O6S/c1-5-41-29-17-23(10-15-28(29)43-21-22-8-12-25(13-9-22)37(39)40)19-36-33-31(32(38)35-20-26-7-6-16-42-26)27-14-11-24(34(2,3)4)18-30(27)44-33/h6-10,12-13,15-17,19,24H,5,11,14,18,20-21H2,1-4H3,(H,35,38)/t24-/m0/s1. The molecule has 2 aromatic carbocycles. The highest BCUT2D eigenvalue weighted by Crippen LogP contribution is 2.45. The summed E-state index contributed by atoms with van der Waals surface area (Å²) in [6, 6.07) is 15.5. The van der Waals surface area contributed by atoms with Gasteiger partial charge in [-0.3, -0.25) is 14.9 Å². The van der Waals surface area contributed by atoms with E-state index in [9.17, 15) is 14.9 Å². The highest BCUT2D eigenvalue weighted by atomic mass is 32.1. The molecule has 0 unspecified atom stereocenters. The molecule has 1 atom stereocenters. The number of furan rings is 1. The first-order valence-electron chi connectivity index (χ1n) is 14.7. The fourth-order valence-corrected chi connectivity index (χ4v) is 6.57. The van der Waals surface area contributed by atoms with Crippen molar-refractivity contribution in [2.24, 2.45) is 16.3 Å². The molecule has 44 heavy (non-hydrogen) atoms. The number of amides is 1. The first kappa shape index (κ1) is 31.0. The van der Waals surface area contributed by atoms with Gasteiger partial charge in [0.25, 0.3) is 11.6 Å². The molecule has 4 aromatic rings. The lowest BCUT2D eigenvalue weighted by Gasteiger charge is -2.33. The second-order valence-electron chi connectivity index (χ2n) is 11.9. The van der Waals surface area contributed by atoms with E-state index in [-0.39, 0.29) is 23.6 Å². The van der Waals surface area contributed by atoms with Gasteiger partial charge in [0, 0.05) is 23.2 Å². The summed E-state index contributed by atoms with van der Waals surface area (Å²) in [6.07, 6.45) is 6.17. The summed E-state index contributed by atoms with van der Waals surface area (Å²) < 4.78 is 17.3. The van der Waals surface area contributed by atoms with E-state index in [0.717, 1.165) is 36.0 Å². The van der Waals surface area contributed by atoms with Gasteiger partial charge in [-0.05, 0) is 96.7 Å². The third-order valence-corrected chi connectivity index (χ3v) is 9.00. The molecule has 1 amide bonds. The monoisotopic (exact) mass is 615 g/mol. The van der Waals surface area contributed by atoms with E-state index in [1.807, 2.05) is 31.2 Å². The molecule has 9 nitrogen and oxygen atoms in total. The molecule has 0 bridgehead atoms. The van der Waals surface area contributed by atoms with E-state index < -0.39 is 4.92 Å². The van der Waals surface area contributed by atoms with Crippen molar-refractivity contribution in [1.82, 2.24) is 5.32 Å². The predicted molar refractivity (Wildman–Crippen MR) is 171 cm³/mol. The van der Waals surface area contributed by atoms with Gasteiger partial charge in [0.1, 0.15) is 17.4 Å². The number of nitrogens with zero attached hydrogens (tertiary/aromatic N) is 2. The number of rotatable bonds is 11. The van der Waals surface area contributed by atoms with Crippen molar-refractivity contribution >= 4 is 34.1 Å². The van der Waals surface area contributed by atoms with Gasteiger partial charge in [0.2, 0.25) is 0 Å². The number of nitrogens with one attached hydrogen (secondary N) is 1. The SMILES string of the molecule is CCOc1cc(C=Nc2sc3c(c2C(=O)NCc2ccco2)CC[C@H](C(C)(C)C)C3)ccc1OCc1ccc([N+](=O)[O-])cc1. The lowest BCUT2D eigenvalue weighted by molar-refractivity contribution is -0.384. The van der Waals surface area contributed by atoms with Crippen molar-refractivity contribution in [1.29, 1.82) is 0 Å². The smallest absolute Gasteiger partial charge is 0.269 e. The first-order valence-corrected chi connectivity index (χ1v) is 15.6. The molecule has 0 spiro atoms. The summed E-state index contributed by atoms with van der Waals surface area (Å²) in [5, 5.41) is 14.6. The number of hydrogen-bond donors (Lipinski definition) is 1. The number of benzene rings is 2. The van der Waals surface area contributed by atoms with Crippen molar-refractivity contribution in [2.45, 2.75) is 60.1 Å². The fourth-order valence-electron chi connectivity index (χ4n) is 5.31. The van der Waals surface area contributed by atoms with Crippen LogP contribution in [0.4, 0.5) is 10.7 Å². The van der Waals surface area contributed by atoms with Gasteiger partial charge >= 0.3 is 0 Å². The second kappa shape index (κ2) is 13.5. The number of thiophene rings is 1. The molecule has 5 rings (SSSR count). The maximum absolute atomic E-state index is 13.5. The van der Waals surface area contributed by atoms with Gasteiger partial charge in [-0.2, -0.15) is 0 Å². The zero-order valence-corrected chi connectivity index (χ0v) is 26.2. The van der Waals surface area contributed by atoms with Crippen LogP contribution in [0.1, 0.15) is 71.8 Å². The molecular weight excluding hydrogens is 578 g/mol.